The second-order valence-corrected chi connectivity index (χ2v) is 4.32. The molecule has 1 aromatic rings. The smallest absolute Gasteiger partial charge is 0.275 e. The fourth-order valence-electron chi connectivity index (χ4n) is 1.59. The maximum Gasteiger partial charge on any atom is 0.275 e. The van der Waals surface area contributed by atoms with E-state index in [2.05, 4.69) is 5.32 Å². The highest BCUT2D eigenvalue weighted by Crippen LogP contribution is 2.26. The molecule has 0 saturated heterocycles. The molecule has 0 aliphatic carbocycles. The molecule has 0 unspecified atom stereocenters. The third-order valence-electron chi connectivity index (χ3n) is 2.50. The molecule has 110 valence electrons. The molecule has 1 amide bonds. The van der Waals surface area contributed by atoms with Crippen LogP contribution in [0, 0.1) is 10.1 Å². The number of carbonyl (C=O) groups is 1. The number of rotatable bonds is 9. The van der Waals surface area contributed by atoms with Crippen LogP contribution in [-0.2, 0) is 4.79 Å². The predicted molar refractivity (Wildman–Crippen MR) is 75.8 cm³/mol. The van der Waals surface area contributed by atoms with Gasteiger partial charge in [0.05, 0.1) is 17.6 Å². The van der Waals surface area contributed by atoms with Gasteiger partial charge in [0.2, 0.25) is 5.91 Å². The molecule has 0 spiro atoms. The molecule has 7 nitrogen and oxygen atoms in total. The number of nitro benzene ring substituents is 1. The van der Waals surface area contributed by atoms with Crippen LogP contribution in [0.25, 0.3) is 0 Å². The number of hydrogen-bond donors (Lipinski definition) is 2. The first-order valence-electron chi connectivity index (χ1n) is 6.47. The van der Waals surface area contributed by atoms with Crippen molar-refractivity contribution >= 4 is 17.3 Å². The Hall–Kier alpha value is -2.31. The number of anilines is 1. The lowest BCUT2D eigenvalue weighted by Crippen LogP contribution is -2.12. The number of amides is 1. The standard InChI is InChI=1S/C13H19N3O4/c1-2-6-20-12-8-10(7-11(9-12)16(18)19)15-5-3-4-13(14)17/h7-9,15H,2-6H2,1H3,(H2,14,17). The largest absolute Gasteiger partial charge is 0.493 e. The Labute approximate surface area is 117 Å². The second-order valence-electron chi connectivity index (χ2n) is 4.32. The predicted octanol–water partition coefficient (Wildman–Crippen LogP) is 2.06. The van der Waals surface area contributed by atoms with Crippen molar-refractivity contribution in [3.8, 4) is 5.75 Å². The zero-order valence-corrected chi connectivity index (χ0v) is 11.4. The number of nitrogens with one attached hydrogen (secondary N) is 1. The Morgan fingerprint density at radius 3 is 2.80 bits per heavy atom. The number of non-ortho nitro benzene ring substituents is 1. The summed E-state index contributed by atoms with van der Waals surface area (Å²) in [5.41, 5.74) is 5.60. The molecule has 0 saturated carbocycles. The molecule has 0 fully saturated rings. The number of nitrogens with zero attached hydrogens (tertiary/aromatic N) is 1. The molecule has 0 heterocycles. The summed E-state index contributed by atoms with van der Waals surface area (Å²) in [7, 11) is 0. The van der Waals surface area contributed by atoms with E-state index >= 15 is 0 Å². The van der Waals surface area contributed by atoms with E-state index in [0.29, 0.717) is 31.0 Å². The lowest BCUT2D eigenvalue weighted by molar-refractivity contribution is -0.384. The van der Waals surface area contributed by atoms with Crippen LogP contribution < -0.4 is 15.8 Å². The van der Waals surface area contributed by atoms with Crippen molar-refractivity contribution in [1.82, 2.24) is 0 Å². The Morgan fingerprint density at radius 1 is 1.45 bits per heavy atom. The van der Waals surface area contributed by atoms with Crippen LogP contribution in [0.1, 0.15) is 26.2 Å². The van der Waals surface area contributed by atoms with Crippen molar-refractivity contribution in [2.45, 2.75) is 26.2 Å². The number of carbonyl (C=O) groups excluding carboxylic acids is 1. The molecule has 0 aromatic heterocycles. The van der Waals surface area contributed by atoms with E-state index in [0.717, 1.165) is 6.42 Å². The molecular formula is C13H19N3O4. The van der Waals surface area contributed by atoms with Gasteiger partial charge in [0.15, 0.2) is 0 Å². The highest BCUT2D eigenvalue weighted by atomic mass is 16.6. The van der Waals surface area contributed by atoms with Gasteiger partial charge >= 0.3 is 0 Å². The fraction of sp³-hybridized carbons (Fsp3) is 0.462. The normalized spacial score (nSPS) is 10.1. The monoisotopic (exact) mass is 281 g/mol. The first kappa shape index (κ1) is 15.7. The summed E-state index contributed by atoms with van der Waals surface area (Å²) in [4.78, 5) is 21.0. The van der Waals surface area contributed by atoms with Gasteiger partial charge in [0, 0.05) is 30.8 Å². The minimum Gasteiger partial charge on any atom is -0.493 e. The number of hydrogen-bond acceptors (Lipinski definition) is 5. The van der Waals surface area contributed by atoms with Gasteiger partial charge in [-0.05, 0) is 12.8 Å². The average molecular weight is 281 g/mol. The van der Waals surface area contributed by atoms with Gasteiger partial charge in [-0.3, -0.25) is 14.9 Å². The van der Waals surface area contributed by atoms with Gasteiger partial charge in [-0.15, -0.1) is 0 Å². The van der Waals surface area contributed by atoms with Gasteiger partial charge in [-0.1, -0.05) is 6.92 Å². The Kier molecular flexibility index (Phi) is 6.28. The lowest BCUT2D eigenvalue weighted by Gasteiger charge is -2.09. The van der Waals surface area contributed by atoms with Crippen LogP contribution in [0.2, 0.25) is 0 Å². The molecule has 20 heavy (non-hydrogen) atoms. The SMILES string of the molecule is CCCOc1cc(NCCCC(N)=O)cc([N+](=O)[O-])c1. The van der Waals surface area contributed by atoms with E-state index in [1.54, 1.807) is 6.07 Å². The Balaban J connectivity index is 2.70. The Morgan fingerprint density at radius 2 is 2.20 bits per heavy atom. The van der Waals surface area contributed by atoms with Crippen LogP contribution in [0.5, 0.6) is 5.75 Å². The first-order valence-corrected chi connectivity index (χ1v) is 6.47. The number of nitrogens with two attached hydrogens (primary N) is 1. The second kappa shape index (κ2) is 7.98. The van der Waals surface area contributed by atoms with Crippen molar-refractivity contribution < 1.29 is 14.5 Å². The molecule has 7 heteroatoms. The van der Waals surface area contributed by atoms with Crippen molar-refractivity contribution in [3.63, 3.8) is 0 Å². The molecule has 0 atom stereocenters. The van der Waals surface area contributed by atoms with E-state index in [-0.39, 0.29) is 18.0 Å². The minimum absolute atomic E-state index is 0.0315. The van der Waals surface area contributed by atoms with E-state index in [1.165, 1.54) is 12.1 Å². The summed E-state index contributed by atoms with van der Waals surface area (Å²) in [5.74, 6) is 0.0938. The highest BCUT2D eigenvalue weighted by Gasteiger charge is 2.10. The quantitative estimate of drug-likeness (QED) is 0.409. The Bertz CT molecular complexity index is 477. The van der Waals surface area contributed by atoms with Crippen molar-refractivity contribution in [3.05, 3.63) is 28.3 Å². The van der Waals surface area contributed by atoms with E-state index < -0.39 is 4.92 Å². The number of primary amides is 1. The molecule has 0 bridgehead atoms. The highest BCUT2D eigenvalue weighted by molar-refractivity contribution is 5.73. The fourth-order valence-corrected chi connectivity index (χ4v) is 1.59. The van der Waals surface area contributed by atoms with Gasteiger partial charge < -0.3 is 15.8 Å². The zero-order valence-electron chi connectivity index (χ0n) is 11.4. The maximum absolute atomic E-state index is 10.9. The van der Waals surface area contributed by atoms with Crippen LogP contribution in [0.15, 0.2) is 18.2 Å². The molecular weight excluding hydrogens is 262 g/mol. The topological polar surface area (TPSA) is 107 Å². The van der Waals surface area contributed by atoms with Crippen molar-refractivity contribution in [2.75, 3.05) is 18.5 Å². The van der Waals surface area contributed by atoms with Crippen molar-refractivity contribution in [2.24, 2.45) is 5.73 Å². The summed E-state index contributed by atoms with van der Waals surface area (Å²) >= 11 is 0. The molecule has 0 aliphatic heterocycles. The minimum atomic E-state index is -0.465. The third-order valence-corrected chi connectivity index (χ3v) is 2.50. The molecule has 3 N–H and O–H groups in total. The molecule has 0 aliphatic rings. The molecule has 1 aromatic carbocycles. The summed E-state index contributed by atoms with van der Waals surface area (Å²) in [5, 5.41) is 13.9. The van der Waals surface area contributed by atoms with Crippen LogP contribution in [0.3, 0.4) is 0 Å². The molecule has 1 rings (SSSR count). The van der Waals surface area contributed by atoms with Crippen LogP contribution >= 0.6 is 0 Å². The maximum atomic E-state index is 10.9. The van der Waals surface area contributed by atoms with E-state index in [4.69, 9.17) is 10.5 Å². The van der Waals surface area contributed by atoms with Gasteiger partial charge in [0.25, 0.3) is 5.69 Å². The average Bonchev–Trinajstić information content (AvgIpc) is 2.41. The third kappa shape index (κ3) is 5.55. The number of benzene rings is 1. The van der Waals surface area contributed by atoms with E-state index in [9.17, 15) is 14.9 Å². The van der Waals surface area contributed by atoms with E-state index in [1.807, 2.05) is 6.92 Å². The summed E-state index contributed by atoms with van der Waals surface area (Å²) in [6.07, 6.45) is 1.67. The van der Waals surface area contributed by atoms with Gasteiger partial charge in [0.1, 0.15) is 5.75 Å². The lowest BCUT2D eigenvalue weighted by atomic mass is 10.2. The number of nitro groups is 1. The zero-order chi connectivity index (χ0) is 15.0. The van der Waals surface area contributed by atoms with Crippen LogP contribution in [-0.4, -0.2) is 24.0 Å². The summed E-state index contributed by atoms with van der Waals surface area (Å²) in [6, 6.07) is 4.53. The van der Waals surface area contributed by atoms with Crippen molar-refractivity contribution in [1.29, 1.82) is 0 Å². The molecule has 0 radical (unpaired) electrons. The van der Waals surface area contributed by atoms with Crippen LogP contribution in [0.4, 0.5) is 11.4 Å². The summed E-state index contributed by atoms with van der Waals surface area (Å²) < 4.78 is 5.41. The van der Waals surface area contributed by atoms with Gasteiger partial charge in [-0.25, -0.2) is 0 Å². The van der Waals surface area contributed by atoms with Gasteiger partial charge in [-0.2, -0.15) is 0 Å². The number of ether oxygens (including phenoxy) is 1. The summed E-state index contributed by atoms with van der Waals surface area (Å²) in [6.45, 7) is 2.97. The first-order chi connectivity index (χ1) is 9.52.